The predicted octanol–water partition coefficient (Wildman–Crippen LogP) is -0.0890. The van der Waals surface area contributed by atoms with Gasteiger partial charge in [0.1, 0.15) is 5.69 Å². The summed E-state index contributed by atoms with van der Waals surface area (Å²) in [6, 6.07) is 3.75. The van der Waals surface area contributed by atoms with Crippen molar-refractivity contribution in [1.82, 2.24) is 10.3 Å². The summed E-state index contributed by atoms with van der Waals surface area (Å²) in [5.41, 5.74) is 0.171. The monoisotopic (exact) mass is 224 g/mol. The van der Waals surface area contributed by atoms with Gasteiger partial charge in [-0.05, 0) is 12.1 Å². The summed E-state index contributed by atoms with van der Waals surface area (Å²) in [5.74, 6) is -1.68. The van der Waals surface area contributed by atoms with E-state index in [0.717, 1.165) is 0 Å². The number of hydrogen-bond donors (Lipinski definition) is 2. The van der Waals surface area contributed by atoms with Gasteiger partial charge in [0, 0.05) is 13.3 Å². The number of aromatic nitrogens is 1. The third-order valence-electron chi connectivity index (χ3n) is 1.83. The number of carboxylic acids is 1. The Bertz CT molecular complexity index is 366. The van der Waals surface area contributed by atoms with Crippen molar-refractivity contribution in [3.8, 4) is 0 Å². The van der Waals surface area contributed by atoms with Gasteiger partial charge in [-0.3, -0.25) is 9.78 Å². The molecule has 0 fully saturated rings. The van der Waals surface area contributed by atoms with Crippen LogP contribution in [-0.4, -0.2) is 41.7 Å². The Morgan fingerprint density at radius 1 is 1.56 bits per heavy atom. The van der Waals surface area contributed by atoms with Crippen molar-refractivity contribution in [2.24, 2.45) is 0 Å². The molecule has 0 radical (unpaired) electrons. The second-order valence-corrected chi connectivity index (χ2v) is 3.03. The van der Waals surface area contributed by atoms with Gasteiger partial charge in [0.2, 0.25) is 0 Å². The second-order valence-electron chi connectivity index (χ2n) is 3.03. The van der Waals surface area contributed by atoms with Crippen LogP contribution < -0.4 is 5.32 Å². The normalized spacial score (nSPS) is 11.8. The van der Waals surface area contributed by atoms with Crippen molar-refractivity contribution in [1.29, 1.82) is 0 Å². The van der Waals surface area contributed by atoms with Gasteiger partial charge in [-0.25, -0.2) is 4.79 Å². The first-order valence-corrected chi connectivity index (χ1v) is 4.58. The van der Waals surface area contributed by atoms with E-state index in [1.54, 1.807) is 12.1 Å². The van der Waals surface area contributed by atoms with Gasteiger partial charge >= 0.3 is 5.97 Å². The topological polar surface area (TPSA) is 88.5 Å². The number of ether oxygens (including phenoxy) is 1. The molecular weight excluding hydrogens is 212 g/mol. The highest BCUT2D eigenvalue weighted by atomic mass is 16.5. The molecule has 0 saturated carbocycles. The van der Waals surface area contributed by atoms with Crippen LogP contribution in [0.25, 0.3) is 0 Å². The highest BCUT2D eigenvalue weighted by Crippen LogP contribution is 1.95. The standard InChI is InChI=1S/C10H12N2O4/c1-16-6-8(10(14)15)12-9(13)7-4-2-3-5-11-7/h2-5,8H,6H2,1H3,(H,12,13)(H,14,15). The second kappa shape index (κ2) is 5.82. The Morgan fingerprint density at radius 3 is 2.81 bits per heavy atom. The zero-order valence-corrected chi connectivity index (χ0v) is 8.71. The molecule has 0 saturated heterocycles. The lowest BCUT2D eigenvalue weighted by Crippen LogP contribution is -2.44. The van der Waals surface area contributed by atoms with Crippen LogP contribution in [0, 0.1) is 0 Å². The van der Waals surface area contributed by atoms with Crippen molar-refractivity contribution in [2.45, 2.75) is 6.04 Å². The lowest BCUT2D eigenvalue weighted by atomic mass is 10.3. The molecule has 1 rings (SSSR count). The van der Waals surface area contributed by atoms with Crippen LogP contribution in [0.4, 0.5) is 0 Å². The summed E-state index contributed by atoms with van der Waals surface area (Å²) in [5, 5.41) is 11.1. The first-order valence-electron chi connectivity index (χ1n) is 4.58. The van der Waals surface area contributed by atoms with E-state index in [2.05, 4.69) is 15.0 Å². The summed E-state index contributed by atoms with van der Waals surface area (Å²) in [7, 11) is 1.36. The van der Waals surface area contributed by atoms with Gasteiger partial charge in [0.25, 0.3) is 5.91 Å². The van der Waals surface area contributed by atoms with Gasteiger partial charge in [-0.15, -0.1) is 0 Å². The minimum absolute atomic E-state index is 0.0894. The number of methoxy groups -OCH3 is 1. The largest absolute Gasteiger partial charge is 0.480 e. The van der Waals surface area contributed by atoms with Crippen LogP contribution in [0.1, 0.15) is 10.5 Å². The van der Waals surface area contributed by atoms with Crippen LogP contribution in [0.15, 0.2) is 24.4 Å². The Kier molecular flexibility index (Phi) is 4.41. The fourth-order valence-electron chi connectivity index (χ4n) is 1.07. The Hall–Kier alpha value is -1.95. The summed E-state index contributed by atoms with van der Waals surface area (Å²) in [6.45, 7) is -0.0894. The molecule has 0 aliphatic heterocycles. The lowest BCUT2D eigenvalue weighted by Gasteiger charge is -2.12. The number of hydrogen-bond acceptors (Lipinski definition) is 4. The fourth-order valence-corrected chi connectivity index (χ4v) is 1.07. The SMILES string of the molecule is COCC(NC(=O)c1ccccn1)C(=O)O. The van der Waals surface area contributed by atoms with Crippen LogP contribution >= 0.6 is 0 Å². The number of carbonyl (C=O) groups is 2. The molecule has 0 bridgehead atoms. The minimum atomic E-state index is -1.15. The molecule has 1 aromatic heterocycles. The average molecular weight is 224 g/mol. The molecule has 1 unspecified atom stereocenters. The average Bonchev–Trinajstić information content (AvgIpc) is 2.29. The minimum Gasteiger partial charge on any atom is -0.480 e. The summed E-state index contributed by atoms with van der Waals surface area (Å²) >= 11 is 0. The molecule has 0 aromatic carbocycles. The number of pyridine rings is 1. The van der Waals surface area contributed by atoms with Crippen LogP contribution in [0.2, 0.25) is 0 Å². The molecule has 86 valence electrons. The number of nitrogens with zero attached hydrogens (tertiary/aromatic N) is 1. The van der Waals surface area contributed by atoms with E-state index < -0.39 is 17.9 Å². The van der Waals surface area contributed by atoms with Crippen LogP contribution in [0.3, 0.4) is 0 Å². The van der Waals surface area contributed by atoms with Crippen molar-refractivity contribution >= 4 is 11.9 Å². The van der Waals surface area contributed by atoms with E-state index in [1.807, 2.05) is 0 Å². The van der Waals surface area contributed by atoms with E-state index >= 15 is 0 Å². The van der Waals surface area contributed by atoms with Crippen molar-refractivity contribution in [3.63, 3.8) is 0 Å². The summed E-state index contributed by atoms with van der Waals surface area (Å²) < 4.78 is 4.69. The van der Waals surface area contributed by atoms with Crippen LogP contribution in [0.5, 0.6) is 0 Å². The molecule has 0 spiro atoms. The van der Waals surface area contributed by atoms with Gasteiger partial charge < -0.3 is 15.2 Å². The quantitative estimate of drug-likeness (QED) is 0.729. The maximum Gasteiger partial charge on any atom is 0.328 e. The number of aliphatic carboxylic acids is 1. The van der Waals surface area contributed by atoms with Gasteiger partial charge in [-0.2, -0.15) is 0 Å². The molecule has 6 nitrogen and oxygen atoms in total. The molecule has 1 amide bonds. The third-order valence-corrected chi connectivity index (χ3v) is 1.83. The maximum absolute atomic E-state index is 11.5. The number of carboxylic acid groups (broad SMARTS) is 1. The molecule has 6 heteroatoms. The van der Waals surface area contributed by atoms with Crippen molar-refractivity contribution < 1.29 is 19.4 Å². The number of amides is 1. The Balaban J connectivity index is 2.65. The molecule has 2 N–H and O–H groups in total. The van der Waals surface area contributed by atoms with E-state index in [9.17, 15) is 9.59 Å². The number of rotatable bonds is 5. The molecule has 1 atom stereocenters. The number of nitrogens with one attached hydrogen (secondary N) is 1. The maximum atomic E-state index is 11.5. The molecule has 0 aliphatic carbocycles. The third kappa shape index (κ3) is 3.32. The van der Waals surface area contributed by atoms with Crippen LogP contribution in [-0.2, 0) is 9.53 Å². The van der Waals surface area contributed by atoms with Crippen molar-refractivity contribution in [2.75, 3.05) is 13.7 Å². The molecule has 1 heterocycles. The van der Waals surface area contributed by atoms with E-state index in [4.69, 9.17) is 5.11 Å². The molecular formula is C10H12N2O4. The van der Waals surface area contributed by atoms with E-state index in [1.165, 1.54) is 19.4 Å². The number of carbonyl (C=O) groups excluding carboxylic acids is 1. The van der Waals surface area contributed by atoms with E-state index in [0.29, 0.717) is 0 Å². The fraction of sp³-hybridized carbons (Fsp3) is 0.300. The molecule has 16 heavy (non-hydrogen) atoms. The highest BCUT2D eigenvalue weighted by molar-refractivity contribution is 5.94. The zero-order chi connectivity index (χ0) is 12.0. The smallest absolute Gasteiger partial charge is 0.328 e. The van der Waals surface area contributed by atoms with Gasteiger partial charge in [-0.1, -0.05) is 6.07 Å². The first-order chi connectivity index (χ1) is 7.65. The molecule has 0 aliphatic rings. The summed E-state index contributed by atoms with van der Waals surface area (Å²) in [6.07, 6.45) is 1.46. The van der Waals surface area contributed by atoms with Gasteiger partial charge in [0.15, 0.2) is 6.04 Å². The Labute approximate surface area is 92.3 Å². The van der Waals surface area contributed by atoms with Gasteiger partial charge in [0.05, 0.1) is 6.61 Å². The Morgan fingerprint density at radius 2 is 2.31 bits per heavy atom. The first kappa shape index (κ1) is 12.1. The highest BCUT2D eigenvalue weighted by Gasteiger charge is 2.20. The predicted molar refractivity (Wildman–Crippen MR) is 55.0 cm³/mol. The lowest BCUT2D eigenvalue weighted by molar-refractivity contribution is -0.140. The summed E-state index contributed by atoms with van der Waals surface area (Å²) in [4.78, 5) is 26.1. The zero-order valence-electron chi connectivity index (χ0n) is 8.71. The van der Waals surface area contributed by atoms with Crippen molar-refractivity contribution in [3.05, 3.63) is 30.1 Å². The van der Waals surface area contributed by atoms with E-state index in [-0.39, 0.29) is 12.3 Å². The molecule has 1 aromatic rings.